The Hall–Kier alpha value is -17.6. The SMILES string of the molecule is c1ccc(-c2ccc(-n3c4ccccc4c4cc(-c5ccc6c(c5)c5ccccc5n6-c5ccc(-c6ccccc6)cc5)ccc43)cc2)cc1.c1ccc(-c2ccc(-n3c4ccccc4c4ccc(-c5ccc6c(c5)c5ccccc5n6-c5ccccc5)cc43)cc2)cc1.c1ccc(-n2c3ccccc3c3cc(-c4ccc5c6ccccc6n(-c6ccccc6)c5c4)ccc32)cc1. The van der Waals surface area contributed by atoms with Gasteiger partial charge in [-0.15, -0.1) is 0 Å². The molecule has 0 amide bonds. The summed E-state index contributed by atoms with van der Waals surface area (Å²) >= 11 is 0. The number of hydrogen-bond acceptors (Lipinski definition) is 0. The van der Waals surface area contributed by atoms with Crippen LogP contribution in [-0.4, -0.2) is 27.4 Å². The van der Waals surface area contributed by atoms with Crippen molar-refractivity contribution in [2.45, 2.75) is 0 Å². The van der Waals surface area contributed by atoms with Crippen molar-refractivity contribution in [3.8, 4) is 101 Å². The molecular weight excluding hydrogens is 1600 g/mol. The number of fused-ring (bicyclic) bond motifs is 18. The summed E-state index contributed by atoms with van der Waals surface area (Å²) in [5.74, 6) is 0. The van der Waals surface area contributed by atoms with Crippen molar-refractivity contribution in [1.29, 1.82) is 0 Å². The van der Waals surface area contributed by atoms with Gasteiger partial charge < -0.3 is 27.4 Å². The summed E-state index contributed by atoms with van der Waals surface area (Å²) in [6.07, 6.45) is 0. The fraction of sp³-hybridized carbons (Fsp3) is 0. The van der Waals surface area contributed by atoms with Gasteiger partial charge in [-0.1, -0.05) is 340 Å². The maximum atomic E-state index is 2.41. The Morgan fingerprint density at radius 2 is 0.235 bits per heavy atom. The van der Waals surface area contributed by atoms with E-state index in [0.29, 0.717) is 0 Å². The highest BCUT2D eigenvalue weighted by molar-refractivity contribution is 6.17. The van der Waals surface area contributed by atoms with Crippen molar-refractivity contribution >= 4 is 131 Å². The molecule has 132 heavy (non-hydrogen) atoms. The topological polar surface area (TPSA) is 29.6 Å². The van der Waals surface area contributed by atoms with Gasteiger partial charge in [0.25, 0.3) is 0 Å². The minimum absolute atomic E-state index is 1.16. The van der Waals surface area contributed by atoms with Crippen LogP contribution in [0.4, 0.5) is 0 Å². The van der Waals surface area contributed by atoms with E-state index in [1.54, 1.807) is 0 Å². The van der Waals surface area contributed by atoms with Crippen LogP contribution in [0.15, 0.2) is 510 Å². The molecule has 0 N–H and O–H groups in total. The van der Waals surface area contributed by atoms with E-state index in [0.717, 1.165) is 17.1 Å². The Bertz CT molecular complexity index is 8870. The second kappa shape index (κ2) is 32.4. The molecule has 0 bridgehead atoms. The van der Waals surface area contributed by atoms with Crippen LogP contribution in [0.1, 0.15) is 0 Å². The Kier molecular flexibility index (Phi) is 18.8. The van der Waals surface area contributed by atoms with E-state index in [1.165, 1.54) is 215 Å². The van der Waals surface area contributed by atoms with E-state index in [9.17, 15) is 0 Å². The Morgan fingerprint density at radius 3 is 0.477 bits per heavy atom. The summed E-state index contributed by atoms with van der Waals surface area (Å²) in [5, 5.41) is 15.2. The summed E-state index contributed by atoms with van der Waals surface area (Å²) in [6.45, 7) is 0. The Balaban J connectivity index is 0.000000107. The molecule has 0 spiro atoms. The lowest BCUT2D eigenvalue weighted by atomic mass is 10.0. The summed E-state index contributed by atoms with van der Waals surface area (Å²) in [4.78, 5) is 0. The lowest BCUT2D eigenvalue weighted by molar-refractivity contribution is 1.18. The zero-order chi connectivity index (χ0) is 87.1. The number of aromatic nitrogens is 6. The van der Waals surface area contributed by atoms with Crippen molar-refractivity contribution < 1.29 is 0 Å². The molecule has 0 aliphatic heterocycles. The van der Waals surface area contributed by atoms with Gasteiger partial charge in [0.15, 0.2) is 0 Å². The minimum Gasteiger partial charge on any atom is -0.309 e. The smallest absolute Gasteiger partial charge is 0.0547 e. The monoisotopic (exact) mass is 1680 g/mol. The lowest BCUT2D eigenvalue weighted by Gasteiger charge is -2.11. The van der Waals surface area contributed by atoms with E-state index in [4.69, 9.17) is 0 Å². The Labute approximate surface area is 763 Å². The first-order valence-corrected chi connectivity index (χ1v) is 45.3. The van der Waals surface area contributed by atoms with Gasteiger partial charge in [0.05, 0.1) is 66.2 Å². The molecule has 6 heterocycles. The minimum atomic E-state index is 1.16. The van der Waals surface area contributed by atoms with Crippen molar-refractivity contribution in [3.05, 3.63) is 510 Å². The number of hydrogen-bond donors (Lipinski definition) is 0. The number of rotatable bonds is 12. The normalized spacial score (nSPS) is 11.6. The molecule has 0 unspecified atom stereocenters. The lowest BCUT2D eigenvalue weighted by Crippen LogP contribution is -1.94. The molecule has 0 atom stereocenters. The number of nitrogens with zero attached hydrogens (tertiary/aromatic N) is 6. The molecule has 6 aromatic heterocycles. The second-order valence-electron chi connectivity index (χ2n) is 34.3. The standard InChI is InChI=1S/C48H32N2.C42H28N2.C36H24N2/c1-3-11-33(12-4-1)35-19-25-39(26-20-35)49-45-17-9-7-15-41(45)43-31-37(23-29-47(43)49)38-24-30-48-44(32-38)42-16-8-10-18-46(42)50(48)40-27-21-36(22-28-40)34-13-5-2-6-14-34;1-3-11-29(12-4-1)30-19-23-34(24-20-30)44-39-17-9-7-15-35(39)37-25-21-32(28-42(37)44)31-22-26-41-38(27-31)36-16-8-10-18-40(36)43(41)33-13-5-2-6-14-33;1-3-11-27(12-4-1)37-34-18-10-8-16-30(34)32-23-25(20-22-35(32)37)26-19-21-31-29-15-7-9-17-33(29)38(36(31)24-26)28-13-5-2-6-14-28/h1-32H;1-28H;1-24H. The summed E-state index contributed by atoms with van der Waals surface area (Å²) in [6, 6.07) is 184. The summed E-state index contributed by atoms with van der Waals surface area (Å²) in [7, 11) is 0. The Morgan fingerprint density at radius 1 is 0.0833 bits per heavy atom. The predicted octanol–water partition coefficient (Wildman–Crippen LogP) is 33.6. The van der Waals surface area contributed by atoms with Crippen molar-refractivity contribution in [2.75, 3.05) is 0 Å². The molecule has 0 fully saturated rings. The van der Waals surface area contributed by atoms with Crippen LogP contribution in [0.2, 0.25) is 0 Å². The first-order chi connectivity index (χ1) is 65.5. The third kappa shape index (κ3) is 13.3. The van der Waals surface area contributed by atoms with Crippen LogP contribution in [0.5, 0.6) is 0 Å². The number of para-hydroxylation sites is 9. The fourth-order valence-electron chi connectivity index (χ4n) is 20.6. The van der Waals surface area contributed by atoms with E-state index < -0.39 is 0 Å². The van der Waals surface area contributed by atoms with Crippen LogP contribution in [0.25, 0.3) is 232 Å². The molecule has 21 aromatic carbocycles. The molecule has 618 valence electrons. The molecule has 0 radical (unpaired) electrons. The maximum Gasteiger partial charge on any atom is 0.0547 e. The maximum absolute atomic E-state index is 2.41. The first kappa shape index (κ1) is 76.8. The summed E-state index contributed by atoms with van der Waals surface area (Å²) < 4.78 is 14.3. The van der Waals surface area contributed by atoms with Gasteiger partial charge in [-0.05, 0) is 237 Å². The molecule has 6 nitrogen and oxygen atoms in total. The van der Waals surface area contributed by atoms with E-state index in [2.05, 4.69) is 537 Å². The van der Waals surface area contributed by atoms with Crippen molar-refractivity contribution in [2.24, 2.45) is 0 Å². The van der Waals surface area contributed by atoms with Gasteiger partial charge in [-0.2, -0.15) is 0 Å². The quantitative estimate of drug-likeness (QED) is 0.117. The van der Waals surface area contributed by atoms with Gasteiger partial charge in [-0.3, -0.25) is 0 Å². The van der Waals surface area contributed by atoms with Crippen LogP contribution in [0.3, 0.4) is 0 Å². The van der Waals surface area contributed by atoms with E-state index in [1.807, 2.05) is 0 Å². The first-order valence-electron chi connectivity index (χ1n) is 45.3. The average Bonchev–Trinajstić information content (AvgIpc) is 1.59. The largest absolute Gasteiger partial charge is 0.309 e. The third-order valence-electron chi connectivity index (χ3n) is 26.8. The molecule has 27 rings (SSSR count). The van der Waals surface area contributed by atoms with Gasteiger partial charge in [-0.25, -0.2) is 0 Å². The van der Waals surface area contributed by atoms with Crippen LogP contribution >= 0.6 is 0 Å². The van der Waals surface area contributed by atoms with Gasteiger partial charge in [0.1, 0.15) is 0 Å². The van der Waals surface area contributed by atoms with Crippen molar-refractivity contribution in [3.63, 3.8) is 0 Å². The zero-order valence-corrected chi connectivity index (χ0v) is 72.2. The zero-order valence-electron chi connectivity index (χ0n) is 72.2. The van der Waals surface area contributed by atoms with E-state index in [-0.39, 0.29) is 0 Å². The molecule has 0 saturated heterocycles. The molecule has 0 aliphatic rings. The average molecular weight is 1680 g/mol. The molecule has 0 saturated carbocycles. The summed E-state index contributed by atoms with van der Waals surface area (Å²) in [5.41, 5.74) is 36.3. The molecule has 27 aromatic rings. The highest BCUT2D eigenvalue weighted by Gasteiger charge is 2.23. The van der Waals surface area contributed by atoms with E-state index >= 15 is 0 Å². The van der Waals surface area contributed by atoms with Crippen LogP contribution < -0.4 is 0 Å². The third-order valence-corrected chi connectivity index (χ3v) is 26.8. The van der Waals surface area contributed by atoms with Gasteiger partial charge >= 0.3 is 0 Å². The molecular formula is C126H84N6. The molecule has 6 heteroatoms. The highest BCUT2D eigenvalue weighted by Crippen LogP contribution is 2.45. The highest BCUT2D eigenvalue weighted by atomic mass is 15.0. The van der Waals surface area contributed by atoms with Crippen molar-refractivity contribution in [1.82, 2.24) is 27.4 Å². The molecule has 0 aliphatic carbocycles. The fourth-order valence-corrected chi connectivity index (χ4v) is 20.6. The van der Waals surface area contributed by atoms with Gasteiger partial charge in [0.2, 0.25) is 0 Å². The predicted molar refractivity (Wildman–Crippen MR) is 558 cm³/mol. The van der Waals surface area contributed by atoms with Gasteiger partial charge in [0, 0.05) is 98.8 Å². The number of benzene rings is 21. The second-order valence-corrected chi connectivity index (χ2v) is 34.3. The van der Waals surface area contributed by atoms with Crippen LogP contribution in [-0.2, 0) is 0 Å². The van der Waals surface area contributed by atoms with Crippen LogP contribution in [0, 0.1) is 0 Å².